The Labute approximate surface area is 138 Å². The zero-order chi connectivity index (χ0) is 17.9. The van der Waals surface area contributed by atoms with Crippen LogP contribution in [0.4, 0.5) is 11.4 Å². The van der Waals surface area contributed by atoms with Crippen molar-refractivity contribution in [2.45, 2.75) is 31.8 Å². The molecule has 0 spiro atoms. The monoisotopic (exact) mass is 336 g/mol. The SMILES string of the molecule is CCN(CC(=O)O)C1CC(NC(=O)c2ccc(N)c([N+](=O)[O-])c2)C1. The van der Waals surface area contributed by atoms with Crippen LogP contribution in [0, 0.1) is 10.1 Å². The summed E-state index contributed by atoms with van der Waals surface area (Å²) >= 11 is 0. The van der Waals surface area contributed by atoms with Crippen molar-refractivity contribution in [3.05, 3.63) is 33.9 Å². The fourth-order valence-corrected chi connectivity index (χ4v) is 2.79. The number of carbonyl (C=O) groups excluding carboxylic acids is 1. The van der Waals surface area contributed by atoms with E-state index in [0.717, 1.165) is 6.07 Å². The van der Waals surface area contributed by atoms with Crippen molar-refractivity contribution in [2.75, 3.05) is 18.8 Å². The largest absolute Gasteiger partial charge is 0.480 e. The quantitative estimate of drug-likeness (QED) is 0.381. The van der Waals surface area contributed by atoms with Crippen molar-refractivity contribution in [1.82, 2.24) is 10.2 Å². The molecule has 24 heavy (non-hydrogen) atoms. The molecule has 9 nitrogen and oxygen atoms in total. The Morgan fingerprint density at radius 3 is 2.67 bits per heavy atom. The number of benzene rings is 1. The lowest BCUT2D eigenvalue weighted by Gasteiger charge is -2.42. The van der Waals surface area contributed by atoms with Crippen LogP contribution < -0.4 is 11.1 Å². The molecule has 0 bridgehead atoms. The molecular weight excluding hydrogens is 316 g/mol. The molecule has 2 rings (SSSR count). The fraction of sp³-hybridized carbons (Fsp3) is 0.467. The number of likely N-dealkylation sites (N-methyl/N-ethyl adjacent to an activating group) is 1. The zero-order valence-corrected chi connectivity index (χ0v) is 13.3. The summed E-state index contributed by atoms with van der Waals surface area (Å²) in [6.07, 6.45) is 1.31. The number of nitro benzene ring substituents is 1. The predicted octanol–water partition coefficient (Wildman–Crippen LogP) is 0.844. The van der Waals surface area contributed by atoms with Gasteiger partial charge in [-0.1, -0.05) is 6.92 Å². The van der Waals surface area contributed by atoms with Crippen molar-refractivity contribution in [3.8, 4) is 0 Å². The topological polar surface area (TPSA) is 139 Å². The van der Waals surface area contributed by atoms with E-state index in [1.54, 1.807) is 0 Å². The molecule has 1 aliphatic carbocycles. The first kappa shape index (κ1) is 17.7. The van der Waals surface area contributed by atoms with Crippen LogP contribution in [-0.4, -0.2) is 52.0 Å². The van der Waals surface area contributed by atoms with Crippen LogP contribution in [-0.2, 0) is 4.79 Å². The lowest BCUT2D eigenvalue weighted by molar-refractivity contribution is -0.383. The van der Waals surface area contributed by atoms with Gasteiger partial charge in [-0.25, -0.2) is 0 Å². The second-order valence-corrected chi connectivity index (χ2v) is 5.78. The van der Waals surface area contributed by atoms with Crippen LogP contribution in [0.3, 0.4) is 0 Å². The average molecular weight is 336 g/mol. The summed E-state index contributed by atoms with van der Waals surface area (Å²) in [4.78, 5) is 35.1. The van der Waals surface area contributed by atoms with Gasteiger partial charge in [-0.15, -0.1) is 0 Å². The van der Waals surface area contributed by atoms with Gasteiger partial charge < -0.3 is 16.2 Å². The molecule has 9 heteroatoms. The first-order valence-electron chi connectivity index (χ1n) is 7.62. The molecule has 0 aliphatic heterocycles. The van der Waals surface area contributed by atoms with Crippen molar-refractivity contribution in [3.63, 3.8) is 0 Å². The number of carbonyl (C=O) groups is 2. The molecule has 0 radical (unpaired) electrons. The van der Waals surface area contributed by atoms with Gasteiger partial charge in [-0.3, -0.25) is 24.6 Å². The second-order valence-electron chi connectivity index (χ2n) is 5.78. The molecule has 1 amide bonds. The maximum absolute atomic E-state index is 12.2. The lowest BCUT2D eigenvalue weighted by atomic mass is 9.85. The molecule has 4 N–H and O–H groups in total. The number of carboxylic acid groups (broad SMARTS) is 1. The Bertz CT molecular complexity index is 657. The van der Waals surface area contributed by atoms with Crippen molar-refractivity contribution >= 4 is 23.3 Å². The first-order chi connectivity index (χ1) is 11.3. The van der Waals surface area contributed by atoms with E-state index >= 15 is 0 Å². The van der Waals surface area contributed by atoms with Crippen molar-refractivity contribution in [2.24, 2.45) is 0 Å². The molecule has 1 saturated carbocycles. The zero-order valence-electron chi connectivity index (χ0n) is 13.3. The molecule has 1 aliphatic rings. The minimum Gasteiger partial charge on any atom is -0.480 e. The van der Waals surface area contributed by atoms with E-state index in [1.807, 2.05) is 11.8 Å². The van der Waals surface area contributed by atoms with E-state index in [0.29, 0.717) is 19.4 Å². The van der Waals surface area contributed by atoms with Crippen LogP contribution in [0.5, 0.6) is 0 Å². The van der Waals surface area contributed by atoms with Crippen LogP contribution in [0.2, 0.25) is 0 Å². The molecule has 0 saturated heterocycles. The Morgan fingerprint density at radius 2 is 2.12 bits per heavy atom. The summed E-state index contributed by atoms with van der Waals surface area (Å²) in [5, 5.41) is 22.5. The third kappa shape index (κ3) is 3.99. The molecule has 1 fully saturated rings. The lowest BCUT2D eigenvalue weighted by Crippen LogP contribution is -2.54. The fourth-order valence-electron chi connectivity index (χ4n) is 2.79. The minimum atomic E-state index is -0.876. The highest BCUT2D eigenvalue weighted by molar-refractivity contribution is 5.95. The van der Waals surface area contributed by atoms with Gasteiger partial charge in [0.15, 0.2) is 0 Å². The van der Waals surface area contributed by atoms with Crippen LogP contribution in [0.15, 0.2) is 18.2 Å². The number of aliphatic carboxylic acids is 1. The standard InChI is InChI=1S/C15H20N4O5/c1-2-18(8-14(20)21)11-6-10(7-11)17-15(22)9-3-4-12(16)13(5-9)19(23)24/h3-5,10-11H,2,6-8,16H2,1H3,(H,17,22)(H,20,21). The maximum Gasteiger partial charge on any atom is 0.317 e. The average Bonchev–Trinajstić information content (AvgIpc) is 2.48. The van der Waals surface area contributed by atoms with Crippen LogP contribution in [0.1, 0.15) is 30.1 Å². The molecule has 1 aromatic rings. The van der Waals surface area contributed by atoms with Crippen LogP contribution in [0.25, 0.3) is 0 Å². The molecule has 0 unspecified atom stereocenters. The predicted molar refractivity (Wildman–Crippen MR) is 86.7 cm³/mol. The first-order valence-corrected chi connectivity index (χ1v) is 7.62. The van der Waals surface area contributed by atoms with E-state index in [2.05, 4.69) is 5.32 Å². The molecule has 130 valence electrons. The van der Waals surface area contributed by atoms with Gasteiger partial charge in [0.2, 0.25) is 0 Å². The maximum atomic E-state index is 12.2. The molecule has 0 heterocycles. The Kier molecular flexibility index (Phi) is 5.35. The summed E-state index contributed by atoms with van der Waals surface area (Å²) < 4.78 is 0. The van der Waals surface area contributed by atoms with Crippen molar-refractivity contribution < 1.29 is 19.6 Å². The highest BCUT2D eigenvalue weighted by Gasteiger charge is 2.34. The normalized spacial score (nSPS) is 19.6. The highest BCUT2D eigenvalue weighted by Crippen LogP contribution is 2.27. The number of anilines is 1. The number of nitrogen functional groups attached to an aromatic ring is 1. The third-order valence-electron chi connectivity index (χ3n) is 4.20. The molecule has 1 aromatic carbocycles. The van der Waals surface area contributed by atoms with Gasteiger partial charge in [-0.2, -0.15) is 0 Å². The number of nitrogens with one attached hydrogen (secondary N) is 1. The smallest absolute Gasteiger partial charge is 0.317 e. The van der Waals surface area contributed by atoms with Gasteiger partial charge in [-0.05, 0) is 31.5 Å². The Morgan fingerprint density at radius 1 is 1.46 bits per heavy atom. The summed E-state index contributed by atoms with van der Waals surface area (Å²) in [5.74, 6) is -1.28. The minimum absolute atomic E-state index is 0.00696. The van der Waals surface area contributed by atoms with E-state index in [1.165, 1.54) is 12.1 Å². The molecule has 0 aromatic heterocycles. The number of nitrogens with two attached hydrogens (primary N) is 1. The number of amides is 1. The van der Waals surface area contributed by atoms with Gasteiger partial charge >= 0.3 is 5.97 Å². The summed E-state index contributed by atoms with van der Waals surface area (Å²) in [7, 11) is 0. The number of hydrogen-bond donors (Lipinski definition) is 3. The summed E-state index contributed by atoms with van der Waals surface area (Å²) in [6.45, 7) is 2.50. The van der Waals surface area contributed by atoms with E-state index in [-0.39, 0.29) is 35.6 Å². The van der Waals surface area contributed by atoms with Gasteiger partial charge in [0.1, 0.15) is 5.69 Å². The number of carboxylic acids is 1. The third-order valence-corrected chi connectivity index (χ3v) is 4.20. The van der Waals surface area contributed by atoms with Gasteiger partial charge in [0.05, 0.1) is 11.5 Å². The van der Waals surface area contributed by atoms with Crippen LogP contribution >= 0.6 is 0 Å². The highest BCUT2D eigenvalue weighted by atomic mass is 16.6. The van der Waals surface area contributed by atoms with Gasteiger partial charge in [0.25, 0.3) is 11.6 Å². The Balaban J connectivity index is 1.92. The summed E-state index contributed by atoms with van der Waals surface area (Å²) in [6, 6.07) is 3.99. The van der Waals surface area contributed by atoms with Crippen molar-refractivity contribution in [1.29, 1.82) is 0 Å². The number of nitrogens with zero attached hydrogens (tertiary/aromatic N) is 2. The number of hydrogen-bond acceptors (Lipinski definition) is 6. The van der Waals surface area contributed by atoms with E-state index < -0.39 is 16.8 Å². The van der Waals surface area contributed by atoms with E-state index in [9.17, 15) is 19.7 Å². The molecular formula is C15H20N4O5. The Hall–Kier alpha value is -2.68. The van der Waals surface area contributed by atoms with Gasteiger partial charge in [0, 0.05) is 23.7 Å². The number of nitro groups is 1. The number of rotatable bonds is 7. The van der Waals surface area contributed by atoms with E-state index in [4.69, 9.17) is 10.8 Å². The summed E-state index contributed by atoms with van der Waals surface area (Å²) in [5.41, 5.74) is 5.40. The second kappa shape index (κ2) is 7.26. The molecule has 0 atom stereocenters.